The van der Waals surface area contributed by atoms with Gasteiger partial charge < -0.3 is 9.42 Å². The average molecular weight is 361 g/mol. The van der Waals surface area contributed by atoms with Crippen LogP contribution in [0.3, 0.4) is 0 Å². The van der Waals surface area contributed by atoms with Gasteiger partial charge in [-0.25, -0.2) is 0 Å². The number of aromatic nitrogens is 2. The summed E-state index contributed by atoms with van der Waals surface area (Å²) in [4.78, 5) is 18.8. The Labute approximate surface area is 159 Å². The highest BCUT2D eigenvalue weighted by Crippen LogP contribution is 2.23. The van der Waals surface area contributed by atoms with Gasteiger partial charge in [0.15, 0.2) is 0 Å². The Morgan fingerprint density at radius 2 is 1.81 bits per heavy atom. The van der Waals surface area contributed by atoms with Crippen molar-refractivity contribution in [1.29, 1.82) is 0 Å². The zero-order valence-electron chi connectivity index (χ0n) is 15.7. The first-order chi connectivity index (χ1) is 13.1. The van der Waals surface area contributed by atoms with E-state index in [0.29, 0.717) is 11.7 Å². The van der Waals surface area contributed by atoms with Gasteiger partial charge in [-0.2, -0.15) is 4.98 Å². The first-order valence-electron chi connectivity index (χ1n) is 9.37. The predicted octanol–water partition coefficient (Wildman–Crippen LogP) is 4.20. The molecule has 1 heterocycles. The van der Waals surface area contributed by atoms with Crippen LogP contribution in [-0.2, 0) is 19.4 Å². The normalized spacial score (nSPS) is 13.3. The van der Waals surface area contributed by atoms with Gasteiger partial charge in [-0.15, -0.1) is 0 Å². The van der Waals surface area contributed by atoms with Crippen molar-refractivity contribution < 1.29 is 9.32 Å². The highest BCUT2D eigenvalue weighted by molar-refractivity contribution is 5.94. The smallest absolute Gasteiger partial charge is 0.254 e. The molecule has 1 aliphatic carbocycles. The van der Waals surface area contributed by atoms with Gasteiger partial charge in [0, 0.05) is 18.2 Å². The summed E-state index contributed by atoms with van der Waals surface area (Å²) in [6, 6.07) is 14.0. The molecule has 1 aliphatic rings. The maximum Gasteiger partial charge on any atom is 0.254 e. The first kappa shape index (κ1) is 17.5. The van der Waals surface area contributed by atoms with Crippen LogP contribution >= 0.6 is 0 Å². The van der Waals surface area contributed by atoms with Gasteiger partial charge in [-0.3, -0.25) is 4.79 Å². The number of carbonyl (C=O) groups excluding carboxylic acids is 1. The summed E-state index contributed by atoms with van der Waals surface area (Å²) in [5.41, 5.74) is 5.48. The van der Waals surface area contributed by atoms with Crippen molar-refractivity contribution in [3.8, 4) is 11.4 Å². The molecule has 1 amide bonds. The zero-order valence-corrected chi connectivity index (χ0v) is 15.7. The number of fused-ring (bicyclic) bond motifs is 1. The highest BCUT2D eigenvalue weighted by Gasteiger charge is 2.18. The third kappa shape index (κ3) is 3.77. The molecular formula is C22H23N3O2. The van der Waals surface area contributed by atoms with E-state index >= 15 is 0 Å². The number of benzene rings is 2. The second kappa shape index (κ2) is 7.35. The summed E-state index contributed by atoms with van der Waals surface area (Å²) in [5.74, 6) is 0.942. The van der Waals surface area contributed by atoms with Crippen molar-refractivity contribution in [3.63, 3.8) is 0 Å². The predicted molar refractivity (Wildman–Crippen MR) is 103 cm³/mol. The number of nitrogens with zero attached hydrogens (tertiary/aromatic N) is 3. The van der Waals surface area contributed by atoms with Gasteiger partial charge >= 0.3 is 0 Å². The van der Waals surface area contributed by atoms with Crippen LogP contribution in [0, 0.1) is 6.92 Å². The minimum absolute atomic E-state index is 0.0292. The lowest BCUT2D eigenvalue weighted by molar-refractivity contribution is 0.0769. The molecule has 0 fully saturated rings. The maximum absolute atomic E-state index is 12.8. The molecule has 0 bridgehead atoms. The molecule has 5 nitrogen and oxygen atoms in total. The third-order valence-corrected chi connectivity index (χ3v) is 5.09. The van der Waals surface area contributed by atoms with Gasteiger partial charge in [0.1, 0.15) is 0 Å². The van der Waals surface area contributed by atoms with E-state index in [9.17, 15) is 4.79 Å². The van der Waals surface area contributed by atoms with E-state index in [4.69, 9.17) is 4.52 Å². The van der Waals surface area contributed by atoms with Crippen LogP contribution in [0.15, 0.2) is 47.0 Å². The SMILES string of the molecule is Cc1ccc(-c2noc(CN(C)C(=O)c3ccc4c(c3)CCCC4)n2)cc1. The average Bonchev–Trinajstić information content (AvgIpc) is 3.16. The van der Waals surface area contributed by atoms with Gasteiger partial charge in [-0.05, 0) is 55.9 Å². The quantitative estimate of drug-likeness (QED) is 0.699. The molecule has 1 aromatic heterocycles. The van der Waals surface area contributed by atoms with Gasteiger partial charge in [0.2, 0.25) is 11.7 Å². The Morgan fingerprint density at radius 3 is 2.59 bits per heavy atom. The van der Waals surface area contributed by atoms with E-state index in [2.05, 4.69) is 16.2 Å². The molecule has 2 aromatic carbocycles. The molecule has 27 heavy (non-hydrogen) atoms. The van der Waals surface area contributed by atoms with Gasteiger partial charge in [-0.1, -0.05) is 41.1 Å². The lowest BCUT2D eigenvalue weighted by Gasteiger charge is -2.19. The van der Waals surface area contributed by atoms with Crippen LogP contribution in [0.2, 0.25) is 0 Å². The lowest BCUT2D eigenvalue weighted by atomic mass is 9.90. The van der Waals surface area contributed by atoms with Crippen LogP contribution in [-0.4, -0.2) is 28.0 Å². The molecule has 5 heteroatoms. The van der Waals surface area contributed by atoms with Crippen molar-refractivity contribution in [2.24, 2.45) is 0 Å². The minimum Gasteiger partial charge on any atom is -0.337 e. The molecule has 0 aliphatic heterocycles. The molecule has 138 valence electrons. The number of rotatable bonds is 4. The molecular weight excluding hydrogens is 338 g/mol. The van der Waals surface area contributed by atoms with Gasteiger partial charge in [0.25, 0.3) is 5.91 Å². The molecule has 4 rings (SSSR count). The second-order valence-corrected chi connectivity index (χ2v) is 7.23. The number of hydrogen-bond donors (Lipinski definition) is 0. The fourth-order valence-corrected chi connectivity index (χ4v) is 3.50. The molecule has 0 unspecified atom stereocenters. The van der Waals surface area contributed by atoms with E-state index in [1.165, 1.54) is 29.5 Å². The van der Waals surface area contributed by atoms with Crippen LogP contribution in [0.4, 0.5) is 0 Å². The van der Waals surface area contributed by atoms with Gasteiger partial charge in [0.05, 0.1) is 6.54 Å². The molecule has 0 spiro atoms. The number of hydrogen-bond acceptors (Lipinski definition) is 4. The molecule has 3 aromatic rings. The molecule has 0 radical (unpaired) electrons. The minimum atomic E-state index is -0.0292. The van der Waals surface area contributed by atoms with Crippen LogP contribution in [0.25, 0.3) is 11.4 Å². The topological polar surface area (TPSA) is 59.2 Å². The van der Waals surface area contributed by atoms with E-state index in [1.54, 1.807) is 11.9 Å². The first-order valence-corrected chi connectivity index (χ1v) is 9.37. The standard InChI is InChI=1S/C22H23N3O2/c1-15-7-9-17(10-8-15)21-23-20(27-24-21)14-25(2)22(26)19-12-11-16-5-3-4-6-18(16)13-19/h7-13H,3-6,14H2,1-2H3. The monoisotopic (exact) mass is 361 g/mol. The van der Waals surface area contributed by atoms with Crippen LogP contribution < -0.4 is 0 Å². The van der Waals surface area contributed by atoms with E-state index in [-0.39, 0.29) is 12.5 Å². The summed E-state index contributed by atoms with van der Waals surface area (Å²) in [6.07, 6.45) is 4.61. The summed E-state index contributed by atoms with van der Waals surface area (Å²) in [6.45, 7) is 2.32. The van der Waals surface area contributed by atoms with Crippen LogP contribution in [0.5, 0.6) is 0 Å². The third-order valence-electron chi connectivity index (χ3n) is 5.09. The molecule has 0 saturated carbocycles. The summed E-state index contributed by atoms with van der Waals surface area (Å²) in [5, 5.41) is 4.03. The zero-order chi connectivity index (χ0) is 18.8. The fraction of sp³-hybridized carbons (Fsp3) is 0.318. The summed E-state index contributed by atoms with van der Waals surface area (Å²) in [7, 11) is 1.76. The Morgan fingerprint density at radius 1 is 1.07 bits per heavy atom. The fourth-order valence-electron chi connectivity index (χ4n) is 3.50. The highest BCUT2D eigenvalue weighted by atomic mass is 16.5. The Hall–Kier alpha value is -2.95. The number of amides is 1. The van der Waals surface area contributed by atoms with E-state index in [0.717, 1.165) is 24.0 Å². The molecule has 0 atom stereocenters. The maximum atomic E-state index is 12.8. The van der Waals surface area contributed by atoms with E-state index < -0.39 is 0 Å². The largest absolute Gasteiger partial charge is 0.337 e. The lowest BCUT2D eigenvalue weighted by Crippen LogP contribution is -2.26. The van der Waals surface area contributed by atoms with Crippen molar-refractivity contribution >= 4 is 5.91 Å². The Kier molecular flexibility index (Phi) is 4.75. The van der Waals surface area contributed by atoms with Crippen molar-refractivity contribution in [3.05, 3.63) is 70.6 Å². The van der Waals surface area contributed by atoms with Crippen molar-refractivity contribution in [2.75, 3.05) is 7.05 Å². The summed E-state index contributed by atoms with van der Waals surface area (Å²) >= 11 is 0. The Bertz CT molecular complexity index is 960. The van der Waals surface area contributed by atoms with Crippen molar-refractivity contribution in [2.45, 2.75) is 39.2 Å². The van der Waals surface area contributed by atoms with Crippen LogP contribution in [0.1, 0.15) is 45.8 Å². The molecule has 0 N–H and O–H groups in total. The summed E-state index contributed by atoms with van der Waals surface area (Å²) < 4.78 is 5.34. The second-order valence-electron chi connectivity index (χ2n) is 7.23. The van der Waals surface area contributed by atoms with E-state index in [1.807, 2.05) is 43.3 Å². The number of carbonyl (C=O) groups is 1. The Balaban J connectivity index is 1.46. The number of aryl methyl sites for hydroxylation is 3. The molecule has 0 saturated heterocycles. The van der Waals surface area contributed by atoms with Crippen molar-refractivity contribution in [1.82, 2.24) is 15.0 Å².